The van der Waals surface area contributed by atoms with Crippen LogP contribution in [0.1, 0.15) is 38.9 Å². The Kier molecular flexibility index (Phi) is 6.01. The van der Waals surface area contributed by atoms with Crippen LogP contribution in [0.5, 0.6) is 5.75 Å². The normalized spacial score (nSPS) is 15.1. The summed E-state index contributed by atoms with van der Waals surface area (Å²) in [5.41, 5.74) is 0.793. The minimum atomic E-state index is -3.17. The first-order valence-electron chi connectivity index (χ1n) is 6.88. The number of methoxy groups -OCH3 is 1. The monoisotopic (exact) mass is 303 g/mol. The molecular formula is C13H25N3O3S. The molecule has 1 N–H and O–H groups in total. The van der Waals surface area contributed by atoms with Crippen LogP contribution < -0.4 is 10.1 Å². The summed E-state index contributed by atoms with van der Waals surface area (Å²) in [6, 6.07) is -0.331. The molecule has 6 nitrogen and oxygen atoms in total. The van der Waals surface area contributed by atoms with Crippen LogP contribution >= 0.6 is 0 Å². The van der Waals surface area contributed by atoms with Gasteiger partial charge in [-0.1, -0.05) is 6.92 Å². The molecule has 0 spiro atoms. The average Bonchev–Trinajstić information content (AvgIpc) is 2.81. The Morgan fingerprint density at radius 2 is 2.10 bits per heavy atom. The van der Waals surface area contributed by atoms with Gasteiger partial charge in [-0.15, -0.1) is 0 Å². The number of sulfone groups is 1. The minimum absolute atomic E-state index is 0.331. The summed E-state index contributed by atoms with van der Waals surface area (Å²) in [4.78, 5) is 0. The first kappa shape index (κ1) is 17.0. The van der Waals surface area contributed by atoms with Crippen molar-refractivity contribution in [3.05, 3.63) is 11.9 Å². The molecule has 0 saturated carbocycles. The molecule has 0 aromatic carbocycles. The van der Waals surface area contributed by atoms with Crippen LogP contribution in [0, 0.1) is 0 Å². The third-order valence-electron chi connectivity index (χ3n) is 3.42. The molecule has 1 aromatic rings. The van der Waals surface area contributed by atoms with E-state index in [1.165, 1.54) is 6.26 Å². The lowest BCUT2D eigenvalue weighted by molar-refractivity contribution is 0.387. The summed E-state index contributed by atoms with van der Waals surface area (Å²) in [6.45, 7) is 7.14. The van der Waals surface area contributed by atoms with Crippen LogP contribution in [0.4, 0.5) is 0 Å². The fourth-order valence-corrected chi connectivity index (χ4v) is 2.85. The zero-order valence-corrected chi connectivity index (χ0v) is 13.7. The van der Waals surface area contributed by atoms with Gasteiger partial charge < -0.3 is 10.1 Å². The molecule has 2 unspecified atom stereocenters. The van der Waals surface area contributed by atoms with E-state index in [0.717, 1.165) is 18.7 Å². The van der Waals surface area contributed by atoms with Crippen molar-refractivity contribution >= 4 is 9.84 Å². The zero-order chi connectivity index (χ0) is 15.3. The molecule has 0 amide bonds. The fourth-order valence-electron chi connectivity index (χ4n) is 2.13. The molecule has 20 heavy (non-hydrogen) atoms. The Labute approximate surface area is 121 Å². The van der Waals surface area contributed by atoms with Gasteiger partial charge in [-0.05, 0) is 26.8 Å². The number of nitrogens with zero attached hydrogens (tertiary/aromatic N) is 2. The Hall–Kier alpha value is -1.08. The number of hydrogen-bond donors (Lipinski definition) is 1. The molecule has 0 aliphatic heterocycles. The zero-order valence-electron chi connectivity index (χ0n) is 12.9. The van der Waals surface area contributed by atoms with Crippen molar-refractivity contribution in [1.82, 2.24) is 15.1 Å². The summed E-state index contributed by atoms with van der Waals surface area (Å²) in [6.07, 6.45) is 3.82. The lowest BCUT2D eigenvalue weighted by atomic mass is 10.1. The van der Waals surface area contributed by atoms with E-state index in [1.54, 1.807) is 24.9 Å². The van der Waals surface area contributed by atoms with E-state index in [2.05, 4.69) is 10.4 Å². The molecule has 1 heterocycles. The summed E-state index contributed by atoms with van der Waals surface area (Å²) >= 11 is 0. The maximum absolute atomic E-state index is 11.9. The molecule has 0 radical (unpaired) electrons. The lowest BCUT2D eigenvalue weighted by Crippen LogP contribution is -2.37. The van der Waals surface area contributed by atoms with E-state index in [-0.39, 0.29) is 6.04 Å². The molecule has 0 bridgehead atoms. The molecule has 7 heteroatoms. The molecule has 1 aromatic heterocycles. The Morgan fingerprint density at radius 3 is 2.55 bits per heavy atom. The molecule has 0 aliphatic rings. The highest BCUT2D eigenvalue weighted by Crippen LogP contribution is 2.29. The van der Waals surface area contributed by atoms with E-state index >= 15 is 0 Å². The van der Waals surface area contributed by atoms with Crippen molar-refractivity contribution in [3.8, 4) is 5.75 Å². The van der Waals surface area contributed by atoms with Gasteiger partial charge in [-0.25, -0.2) is 8.42 Å². The van der Waals surface area contributed by atoms with Crippen LogP contribution in [-0.4, -0.2) is 43.4 Å². The van der Waals surface area contributed by atoms with Gasteiger partial charge in [0, 0.05) is 12.8 Å². The van der Waals surface area contributed by atoms with Gasteiger partial charge in [-0.3, -0.25) is 4.68 Å². The standard InChI is InChI=1S/C13H25N3O3S/c1-6-8-14-12(10(3)20(5,17)18)13-11(19-4)9-15-16(13)7-2/h9-10,12,14H,6-8H2,1-5H3. The Morgan fingerprint density at radius 1 is 1.45 bits per heavy atom. The van der Waals surface area contributed by atoms with Crippen molar-refractivity contribution in [1.29, 1.82) is 0 Å². The highest BCUT2D eigenvalue weighted by molar-refractivity contribution is 7.91. The first-order chi connectivity index (χ1) is 9.36. The largest absolute Gasteiger partial charge is 0.493 e. The Bertz CT molecular complexity index is 503. The SMILES string of the molecule is CCCNC(c1c(OC)cnn1CC)C(C)S(C)(=O)=O. The van der Waals surface area contributed by atoms with Gasteiger partial charge in [0.2, 0.25) is 0 Å². The van der Waals surface area contributed by atoms with Crippen LogP contribution in [0.15, 0.2) is 6.20 Å². The Balaban J connectivity index is 3.26. The van der Waals surface area contributed by atoms with Gasteiger partial charge in [0.05, 0.1) is 30.3 Å². The van der Waals surface area contributed by atoms with E-state index < -0.39 is 15.1 Å². The van der Waals surface area contributed by atoms with Gasteiger partial charge in [-0.2, -0.15) is 5.10 Å². The van der Waals surface area contributed by atoms with E-state index in [9.17, 15) is 8.42 Å². The molecule has 1 rings (SSSR count). The number of nitrogens with one attached hydrogen (secondary N) is 1. The molecule has 2 atom stereocenters. The van der Waals surface area contributed by atoms with Crippen LogP contribution in [-0.2, 0) is 16.4 Å². The van der Waals surface area contributed by atoms with Crippen molar-refractivity contribution < 1.29 is 13.2 Å². The molecular weight excluding hydrogens is 278 g/mol. The smallest absolute Gasteiger partial charge is 0.161 e. The van der Waals surface area contributed by atoms with E-state index in [4.69, 9.17) is 4.74 Å². The fraction of sp³-hybridized carbons (Fsp3) is 0.769. The maximum Gasteiger partial charge on any atom is 0.161 e. The molecule has 116 valence electrons. The second-order valence-electron chi connectivity index (χ2n) is 4.88. The van der Waals surface area contributed by atoms with E-state index in [1.807, 2.05) is 13.8 Å². The summed E-state index contributed by atoms with van der Waals surface area (Å²) in [7, 11) is -1.60. The predicted octanol–water partition coefficient (Wildman–Crippen LogP) is 1.39. The summed E-state index contributed by atoms with van der Waals surface area (Å²) in [5, 5.41) is 7.01. The second kappa shape index (κ2) is 7.08. The summed E-state index contributed by atoms with van der Waals surface area (Å²) in [5.74, 6) is 0.621. The molecule has 0 fully saturated rings. The topological polar surface area (TPSA) is 73.2 Å². The number of aromatic nitrogens is 2. The van der Waals surface area contributed by atoms with Crippen LogP contribution in [0.2, 0.25) is 0 Å². The van der Waals surface area contributed by atoms with Crippen molar-refractivity contribution in [2.24, 2.45) is 0 Å². The van der Waals surface area contributed by atoms with Gasteiger partial charge in [0.1, 0.15) is 0 Å². The third kappa shape index (κ3) is 3.73. The van der Waals surface area contributed by atoms with Crippen molar-refractivity contribution in [2.75, 3.05) is 19.9 Å². The lowest BCUT2D eigenvalue weighted by Gasteiger charge is -2.25. The number of ether oxygens (including phenoxy) is 1. The minimum Gasteiger partial charge on any atom is -0.493 e. The van der Waals surface area contributed by atoms with Gasteiger partial charge in [0.25, 0.3) is 0 Å². The third-order valence-corrected chi connectivity index (χ3v) is 5.04. The highest BCUT2D eigenvalue weighted by Gasteiger charge is 2.32. The summed E-state index contributed by atoms with van der Waals surface area (Å²) < 4.78 is 31.0. The second-order valence-corrected chi connectivity index (χ2v) is 7.28. The highest BCUT2D eigenvalue weighted by atomic mass is 32.2. The quantitative estimate of drug-likeness (QED) is 0.785. The van der Waals surface area contributed by atoms with Crippen LogP contribution in [0.3, 0.4) is 0 Å². The van der Waals surface area contributed by atoms with Crippen molar-refractivity contribution in [2.45, 2.75) is 45.0 Å². The van der Waals surface area contributed by atoms with Crippen molar-refractivity contribution in [3.63, 3.8) is 0 Å². The van der Waals surface area contributed by atoms with Gasteiger partial charge >= 0.3 is 0 Å². The maximum atomic E-state index is 11.9. The van der Waals surface area contributed by atoms with Crippen LogP contribution in [0.25, 0.3) is 0 Å². The number of aryl methyl sites for hydroxylation is 1. The molecule has 0 saturated heterocycles. The average molecular weight is 303 g/mol. The van der Waals surface area contributed by atoms with Gasteiger partial charge in [0.15, 0.2) is 15.6 Å². The van der Waals surface area contributed by atoms with E-state index in [0.29, 0.717) is 12.3 Å². The number of hydrogen-bond acceptors (Lipinski definition) is 5. The molecule has 0 aliphatic carbocycles. The first-order valence-corrected chi connectivity index (χ1v) is 8.84. The predicted molar refractivity (Wildman–Crippen MR) is 79.8 cm³/mol. The number of rotatable bonds is 8.